The summed E-state index contributed by atoms with van der Waals surface area (Å²) >= 11 is 0. The predicted octanol–water partition coefficient (Wildman–Crippen LogP) is -1.58. The zero-order valence-corrected chi connectivity index (χ0v) is 9.99. The Kier molecular flexibility index (Phi) is 14.5. The molecule has 0 saturated carbocycles. The molecule has 0 radical (unpaired) electrons. The van der Waals surface area contributed by atoms with Gasteiger partial charge in [-0.25, -0.2) is 0 Å². The molecule has 0 aromatic rings. The quantitative estimate of drug-likeness (QED) is 0.423. The number of likely N-dealkylation sites (N-methyl/N-ethyl adjacent to an activating group) is 1. The van der Waals surface area contributed by atoms with E-state index in [-0.39, 0.29) is 47.2 Å². The van der Waals surface area contributed by atoms with Gasteiger partial charge in [0.25, 0.3) is 0 Å². The largest absolute Gasteiger partial charge is 2.00 e. The van der Waals surface area contributed by atoms with E-state index in [0.29, 0.717) is 0 Å². The van der Waals surface area contributed by atoms with Crippen LogP contribution in [-0.4, -0.2) is 92.9 Å². The number of aliphatic hydroxyl groups excluding tert-OH is 1. The zero-order chi connectivity index (χ0) is 9.49. The second-order valence-corrected chi connectivity index (χ2v) is 3.00. The maximum absolute atomic E-state index is 8.44. The minimum absolute atomic E-state index is 0. The Morgan fingerprint density at radius 2 is 1.75 bits per heavy atom. The number of carboxylic acid groups (broad SMARTS) is 2. The summed E-state index contributed by atoms with van der Waals surface area (Å²) in [4.78, 5) is 8.44. The van der Waals surface area contributed by atoms with Gasteiger partial charge in [-0.1, -0.05) is 0 Å². The van der Waals surface area contributed by atoms with Crippen molar-refractivity contribution in [2.75, 3.05) is 34.3 Å². The molecule has 0 saturated heterocycles. The van der Waals surface area contributed by atoms with Crippen LogP contribution < -0.4 is 5.11 Å². The van der Waals surface area contributed by atoms with Gasteiger partial charge in [-0.3, -0.25) is 0 Å². The molecule has 12 heavy (non-hydrogen) atoms. The summed E-state index contributed by atoms with van der Waals surface area (Å²) in [5.41, 5.74) is 0. The van der Waals surface area contributed by atoms with Crippen molar-refractivity contribution in [2.45, 2.75) is 0 Å². The van der Waals surface area contributed by atoms with Crippen LogP contribution in [0.15, 0.2) is 0 Å². The van der Waals surface area contributed by atoms with E-state index < -0.39 is 6.16 Å². The van der Waals surface area contributed by atoms with E-state index in [0.717, 1.165) is 11.0 Å². The summed E-state index contributed by atoms with van der Waals surface area (Å²) in [6.45, 7) is 1.11. The third-order valence-corrected chi connectivity index (χ3v) is 0.771. The first-order valence-electron chi connectivity index (χ1n) is 3.11. The number of hydrogen-bond acceptors (Lipinski definition) is 3. The standard InChI is InChI=1S/C5H14NO.CH2O3.Ca.2H/c1-6(2,3)4-5-7;2-1(3)4;;;/h7H,4-5H2,1-3H3;(H2,2,3,4);;;/q+1;;+2;2*-1/p-1. The maximum Gasteiger partial charge on any atom is 2.00 e. The minimum Gasteiger partial charge on any atom is -1.00 e. The van der Waals surface area contributed by atoms with Gasteiger partial charge in [0, 0.05) is 0 Å². The molecule has 0 aliphatic heterocycles. The molecule has 0 unspecified atom stereocenters. The summed E-state index contributed by atoms with van der Waals surface area (Å²) in [6, 6.07) is 0. The molecule has 0 aromatic carbocycles. The Hall–Kier alpha value is 0.450. The monoisotopic (exact) mass is 207 g/mol. The first kappa shape index (κ1) is 18.3. The fourth-order valence-electron chi connectivity index (χ4n) is 0.300. The van der Waals surface area contributed by atoms with E-state index >= 15 is 0 Å². The van der Waals surface area contributed by atoms with E-state index in [1.54, 1.807) is 0 Å². The Bertz CT molecular complexity index is 117. The van der Waals surface area contributed by atoms with Gasteiger partial charge in [0.15, 0.2) is 0 Å². The van der Waals surface area contributed by atoms with Crippen molar-refractivity contribution in [3.63, 3.8) is 0 Å². The van der Waals surface area contributed by atoms with Crippen LogP contribution in [0.5, 0.6) is 0 Å². The van der Waals surface area contributed by atoms with Crippen molar-refractivity contribution in [2.24, 2.45) is 0 Å². The third-order valence-electron chi connectivity index (χ3n) is 0.771. The molecule has 5 nitrogen and oxygen atoms in total. The van der Waals surface area contributed by atoms with Gasteiger partial charge in [-0.05, 0) is 0 Å². The molecule has 0 amide bonds. The number of hydrogen-bond donors (Lipinski definition) is 2. The molecule has 0 bridgehead atoms. The summed E-state index contributed by atoms with van der Waals surface area (Å²) in [6.07, 6.45) is -2.08. The molecule has 0 aliphatic rings. The molecule has 2 N–H and O–H groups in total. The first-order chi connectivity index (χ1) is 4.79. The molecule has 0 fully saturated rings. The van der Waals surface area contributed by atoms with Gasteiger partial charge >= 0.3 is 37.7 Å². The SMILES string of the molecule is C[N+](C)(C)CCO.O=C([O-])O.[Ca+2].[H-].[H-]. The fraction of sp³-hybridized carbons (Fsp3) is 0.833. The second-order valence-electron chi connectivity index (χ2n) is 3.00. The number of carbonyl (C=O) groups is 1. The molecule has 6 heteroatoms. The second kappa shape index (κ2) is 9.54. The summed E-state index contributed by atoms with van der Waals surface area (Å²) in [7, 11) is 6.16. The van der Waals surface area contributed by atoms with Crippen LogP contribution >= 0.6 is 0 Å². The van der Waals surface area contributed by atoms with Gasteiger partial charge in [0.1, 0.15) is 6.54 Å². The van der Waals surface area contributed by atoms with E-state index in [1.165, 1.54) is 0 Å². The fourth-order valence-corrected chi connectivity index (χ4v) is 0.300. The molecule has 0 aliphatic carbocycles. The number of rotatable bonds is 2. The predicted molar refractivity (Wildman–Crippen MR) is 46.0 cm³/mol. The normalized spacial score (nSPS) is 9.00. The van der Waals surface area contributed by atoms with Crippen LogP contribution in [0.4, 0.5) is 4.79 Å². The molecule has 0 rings (SSSR count). The van der Waals surface area contributed by atoms with Gasteiger partial charge < -0.3 is 27.5 Å². The Morgan fingerprint density at radius 3 is 1.75 bits per heavy atom. The maximum atomic E-state index is 8.44. The summed E-state index contributed by atoms with van der Waals surface area (Å²) in [5.74, 6) is 0. The van der Waals surface area contributed by atoms with Gasteiger partial charge in [-0.15, -0.1) is 0 Å². The molecule has 0 spiro atoms. The smallest absolute Gasteiger partial charge is 1.00 e. The summed E-state index contributed by atoms with van der Waals surface area (Å²) < 4.78 is 0.844. The molecule has 0 heterocycles. The topological polar surface area (TPSA) is 80.6 Å². The van der Waals surface area contributed by atoms with Gasteiger partial charge in [0.05, 0.1) is 27.7 Å². The van der Waals surface area contributed by atoms with Crippen molar-refractivity contribution in [1.29, 1.82) is 0 Å². The average molecular weight is 207 g/mol. The van der Waals surface area contributed by atoms with Crippen LogP contribution in [0.1, 0.15) is 2.85 Å². The van der Waals surface area contributed by atoms with Crippen LogP contribution in [-0.2, 0) is 0 Å². The van der Waals surface area contributed by atoms with Crippen LogP contribution in [0, 0.1) is 0 Å². The van der Waals surface area contributed by atoms with Crippen LogP contribution in [0.25, 0.3) is 0 Å². The average Bonchev–Trinajstić information content (AvgIpc) is 1.58. The molecule has 0 atom stereocenters. The van der Waals surface area contributed by atoms with E-state index in [9.17, 15) is 0 Å². The first-order valence-corrected chi connectivity index (χ1v) is 3.11. The van der Waals surface area contributed by atoms with Crippen molar-refractivity contribution in [1.82, 2.24) is 0 Å². The van der Waals surface area contributed by atoms with Crippen molar-refractivity contribution < 1.29 is 27.5 Å². The molecular weight excluding hydrogens is 190 g/mol. The Labute approximate surface area is 105 Å². The zero-order valence-electron chi connectivity index (χ0n) is 9.78. The van der Waals surface area contributed by atoms with E-state index in [1.807, 2.05) is 0 Å². The molecular formula is C6H17CaNO4. The third kappa shape index (κ3) is 47.1. The number of quaternary nitrogens is 1. The van der Waals surface area contributed by atoms with E-state index in [4.69, 9.17) is 20.1 Å². The van der Waals surface area contributed by atoms with Crippen LogP contribution in [0.3, 0.4) is 0 Å². The Balaban J connectivity index is -0.0000000347. The minimum atomic E-state index is -2.08. The number of nitrogens with zero attached hydrogens (tertiary/aromatic N) is 1. The van der Waals surface area contributed by atoms with Gasteiger partial charge in [-0.2, -0.15) is 0 Å². The van der Waals surface area contributed by atoms with Crippen molar-refractivity contribution >= 4 is 43.9 Å². The van der Waals surface area contributed by atoms with Gasteiger partial charge in [0.2, 0.25) is 6.16 Å². The van der Waals surface area contributed by atoms with Crippen molar-refractivity contribution in [3.05, 3.63) is 0 Å². The van der Waals surface area contributed by atoms with Crippen LogP contribution in [0.2, 0.25) is 0 Å². The van der Waals surface area contributed by atoms with Crippen molar-refractivity contribution in [3.8, 4) is 0 Å². The molecule has 0 aromatic heterocycles. The Morgan fingerprint density at radius 1 is 1.50 bits per heavy atom. The molecule has 72 valence electrons. The summed E-state index contributed by atoms with van der Waals surface area (Å²) in [5, 5.41) is 23.7. The van der Waals surface area contributed by atoms with E-state index in [2.05, 4.69) is 21.1 Å². The number of aliphatic hydroxyl groups is 1.